The van der Waals surface area contributed by atoms with Crippen LogP contribution in [-0.4, -0.2) is 28.2 Å². The van der Waals surface area contributed by atoms with Crippen LogP contribution in [0.15, 0.2) is 12.4 Å². The zero-order chi connectivity index (χ0) is 11.5. The summed E-state index contributed by atoms with van der Waals surface area (Å²) in [6.07, 6.45) is 5.59. The molecule has 2 rings (SSSR count). The first-order valence-electron chi connectivity index (χ1n) is 5.31. The molecule has 1 N–H and O–H groups in total. The van der Waals surface area contributed by atoms with Gasteiger partial charge in [0.05, 0.1) is 13.0 Å². The first-order valence-corrected chi connectivity index (χ1v) is 5.31. The van der Waals surface area contributed by atoms with Gasteiger partial charge in [-0.05, 0) is 12.8 Å². The van der Waals surface area contributed by atoms with Crippen LogP contribution < -0.4 is 4.74 Å². The van der Waals surface area contributed by atoms with E-state index in [1.54, 1.807) is 12.4 Å². The van der Waals surface area contributed by atoms with Gasteiger partial charge in [-0.15, -0.1) is 0 Å². The molecule has 1 aliphatic rings. The number of aliphatic carboxylic acids is 1. The zero-order valence-electron chi connectivity index (χ0n) is 9.09. The van der Waals surface area contributed by atoms with E-state index < -0.39 is 5.97 Å². The van der Waals surface area contributed by atoms with Crippen molar-refractivity contribution < 1.29 is 14.6 Å². The molecule has 16 heavy (non-hydrogen) atoms. The van der Waals surface area contributed by atoms with E-state index in [0.717, 1.165) is 12.8 Å². The molecule has 5 heteroatoms. The molecule has 2 unspecified atom stereocenters. The van der Waals surface area contributed by atoms with Crippen molar-refractivity contribution >= 4 is 5.97 Å². The predicted octanol–water partition coefficient (Wildman–Crippen LogP) is 1.45. The fourth-order valence-electron chi connectivity index (χ4n) is 2.33. The number of aromatic nitrogens is 2. The molecule has 1 aromatic heterocycles. The molecule has 5 nitrogen and oxygen atoms in total. The highest BCUT2D eigenvalue weighted by Crippen LogP contribution is 2.41. The summed E-state index contributed by atoms with van der Waals surface area (Å²) < 4.78 is 5.12. The van der Waals surface area contributed by atoms with Gasteiger partial charge in [-0.2, -0.15) is 0 Å². The highest BCUT2D eigenvalue weighted by molar-refractivity contribution is 5.71. The van der Waals surface area contributed by atoms with Gasteiger partial charge in [0.25, 0.3) is 0 Å². The number of hydrogen-bond acceptors (Lipinski definition) is 4. The number of ether oxygens (including phenoxy) is 1. The van der Waals surface area contributed by atoms with E-state index in [1.165, 1.54) is 7.11 Å². The number of methoxy groups -OCH3 is 1. The molecule has 1 heterocycles. The molecule has 86 valence electrons. The minimum atomic E-state index is -0.754. The third-order valence-electron chi connectivity index (χ3n) is 3.07. The number of rotatable bonds is 3. The fourth-order valence-corrected chi connectivity index (χ4v) is 2.33. The Kier molecular flexibility index (Phi) is 3.03. The van der Waals surface area contributed by atoms with Gasteiger partial charge in [0, 0.05) is 18.3 Å². The summed E-state index contributed by atoms with van der Waals surface area (Å²) in [6, 6.07) is 0. The van der Waals surface area contributed by atoms with E-state index in [0.29, 0.717) is 18.0 Å². The van der Waals surface area contributed by atoms with Crippen LogP contribution in [0.5, 0.6) is 5.88 Å². The Balaban J connectivity index is 2.32. The second kappa shape index (κ2) is 4.47. The second-order valence-electron chi connectivity index (χ2n) is 3.93. The molecule has 0 aromatic carbocycles. The highest BCUT2D eigenvalue weighted by Gasteiger charge is 2.36. The first-order chi connectivity index (χ1) is 7.74. The third-order valence-corrected chi connectivity index (χ3v) is 3.07. The van der Waals surface area contributed by atoms with E-state index in [9.17, 15) is 4.79 Å². The van der Waals surface area contributed by atoms with Gasteiger partial charge in [-0.25, -0.2) is 4.98 Å². The lowest BCUT2D eigenvalue weighted by Gasteiger charge is -2.16. The molecule has 0 bridgehead atoms. The van der Waals surface area contributed by atoms with Crippen molar-refractivity contribution in [2.24, 2.45) is 5.92 Å². The zero-order valence-corrected chi connectivity index (χ0v) is 9.09. The van der Waals surface area contributed by atoms with Crippen molar-refractivity contribution in [2.45, 2.75) is 25.2 Å². The van der Waals surface area contributed by atoms with Crippen LogP contribution in [-0.2, 0) is 4.79 Å². The van der Waals surface area contributed by atoms with Crippen LogP contribution in [0.4, 0.5) is 0 Å². The number of carboxylic acid groups (broad SMARTS) is 1. The Bertz CT molecular complexity index is 395. The second-order valence-corrected chi connectivity index (χ2v) is 3.93. The Morgan fingerprint density at radius 1 is 1.44 bits per heavy atom. The maximum Gasteiger partial charge on any atom is 0.307 e. The first kappa shape index (κ1) is 10.9. The Morgan fingerprint density at radius 3 is 2.88 bits per heavy atom. The quantitative estimate of drug-likeness (QED) is 0.838. The molecule has 1 aliphatic carbocycles. The molecule has 1 aromatic rings. The monoisotopic (exact) mass is 222 g/mol. The van der Waals surface area contributed by atoms with E-state index in [-0.39, 0.29) is 11.8 Å². The van der Waals surface area contributed by atoms with Gasteiger partial charge in [0.15, 0.2) is 0 Å². The number of nitrogens with zero attached hydrogens (tertiary/aromatic N) is 2. The van der Waals surface area contributed by atoms with Gasteiger partial charge >= 0.3 is 5.97 Å². The number of carboxylic acids is 1. The standard InChI is InChI=1S/C11H14N2O3/c1-16-10-9(12-5-6-13-10)7-3-2-4-8(7)11(14)15/h5-8H,2-4H2,1H3,(H,14,15). The van der Waals surface area contributed by atoms with Crippen molar-refractivity contribution in [3.8, 4) is 5.88 Å². The van der Waals surface area contributed by atoms with Gasteiger partial charge in [-0.3, -0.25) is 9.78 Å². The SMILES string of the molecule is COc1nccnc1C1CCCC1C(=O)O. The fraction of sp³-hybridized carbons (Fsp3) is 0.545. The van der Waals surface area contributed by atoms with E-state index in [1.807, 2.05) is 0 Å². The van der Waals surface area contributed by atoms with E-state index >= 15 is 0 Å². The Labute approximate surface area is 93.5 Å². The van der Waals surface area contributed by atoms with Crippen LogP contribution in [0.2, 0.25) is 0 Å². The topological polar surface area (TPSA) is 72.3 Å². The number of carbonyl (C=O) groups is 1. The Morgan fingerprint density at radius 2 is 2.19 bits per heavy atom. The van der Waals surface area contributed by atoms with E-state index in [2.05, 4.69) is 9.97 Å². The van der Waals surface area contributed by atoms with E-state index in [4.69, 9.17) is 9.84 Å². The average molecular weight is 222 g/mol. The lowest BCUT2D eigenvalue weighted by Crippen LogP contribution is -2.18. The molecule has 1 saturated carbocycles. The maximum atomic E-state index is 11.1. The summed E-state index contributed by atoms with van der Waals surface area (Å²) >= 11 is 0. The molecule has 0 radical (unpaired) electrons. The molecular weight excluding hydrogens is 208 g/mol. The van der Waals surface area contributed by atoms with Crippen LogP contribution in [0, 0.1) is 5.92 Å². The Hall–Kier alpha value is -1.65. The van der Waals surface area contributed by atoms with Crippen LogP contribution in [0.1, 0.15) is 30.9 Å². The number of hydrogen-bond donors (Lipinski definition) is 1. The average Bonchev–Trinajstić information content (AvgIpc) is 2.77. The molecule has 0 amide bonds. The minimum absolute atomic E-state index is 0.0684. The largest absolute Gasteiger partial charge is 0.481 e. The van der Waals surface area contributed by atoms with Crippen LogP contribution >= 0.6 is 0 Å². The third kappa shape index (κ3) is 1.85. The molecule has 0 aliphatic heterocycles. The summed E-state index contributed by atoms with van der Waals surface area (Å²) in [4.78, 5) is 19.4. The van der Waals surface area contributed by atoms with Gasteiger partial charge in [-0.1, -0.05) is 6.42 Å². The highest BCUT2D eigenvalue weighted by atomic mass is 16.5. The van der Waals surface area contributed by atoms with Crippen molar-refractivity contribution in [1.29, 1.82) is 0 Å². The normalized spacial score (nSPS) is 24.3. The molecule has 1 fully saturated rings. The minimum Gasteiger partial charge on any atom is -0.481 e. The molecule has 2 atom stereocenters. The molecule has 0 spiro atoms. The van der Waals surface area contributed by atoms with Gasteiger partial charge < -0.3 is 9.84 Å². The lowest BCUT2D eigenvalue weighted by molar-refractivity contribution is -0.142. The van der Waals surface area contributed by atoms with Crippen LogP contribution in [0.25, 0.3) is 0 Å². The van der Waals surface area contributed by atoms with Crippen molar-refractivity contribution in [3.05, 3.63) is 18.1 Å². The summed E-state index contributed by atoms with van der Waals surface area (Å²) in [6.45, 7) is 0. The summed E-state index contributed by atoms with van der Waals surface area (Å²) in [7, 11) is 1.53. The van der Waals surface area contributed by atoms with Crippen molar-refractivity contribution in [2.75, 3.05) is 7.11 Å². The summed E-state index contributed by atoms with van der Waals surface area (Å²) in [5.74, 6) is -0.734. The molecular formula is C11H14N2O3. The predicted molar refractivity (Wildman–Crippen MR) is 56.3 cm³/mol. The van der Waals surface area contributed by atoms with Gasteiger partial charge in [0.2, 0.25) is 5.88 Å². The van der Waals surface area contributed by atoms with Crippen molar-refractivity contribution in [3.63, 3.8) is 0 Å². The maximum absolute atomic E-state index is 11.1. The van der Waals surface area contributed by atoms with Crippen LogP contribution in [0.3, 0.4) is 0 Å². The summed E-state index contributed by atoms with van der Waals surface area (Å²) in [5, 5.41) is 9.12. The lowest BCUT2D eigenvalue weighted by atomic mass is 9.93. The molecule has 0 saturated heterocycles. The smallest absolute Gasteiger partial charge is 0.307 e. The van der Waals surface area contributed by atoms with Crippen molar-refractivity contribution in [1.82, 2.24) is 9.97 Å². The summed E-state index contributed by atoms with van der Waals surface area (Å²) in [5.41, 5.74) is 0.676. The van der Waals surface area contributed by atoms with Gasteiger partial charge in [0.1, 0.15) is 5.69 Å².